The van der Waals surface area contributed by atoms with Crippen molar-refractivity contribution in [3.63, 3.8) is 0 Å². The van der Waals surface area contributed by atoms with E-state index in [0.717, 1.165) is 30.3 Å². The number of hydrogen-bond donors (Lipinski definition) is 2. The Bertz CT molecular complexity index is 508. The van der Waals surface area contributed by atoms with Gasteiger partial charge in [0.15, 0.2) is 0 Å². The smallest absolute Gasteiger partial charge is 0.319 e. The average molecular weight is 316 g/mol. The van der Waals surface area contributed by atoms with E-state index < -0.39 is 0 Å². The number of amides is 2. The predicted octanol–water partition coefficient (Wildman–Crippen LogP) is 4.32. The molecule has 3 rings (SSSR count). The monoisotopic (exact) mass is 316 g/mol. The van der Waals surface area contributed by atoms with Gasteiger partial charge >= 0.3 is 6.03 Å². The number of carbonyl (C=O) groups excluding carboxylic acids is 1. The van der Waals surface area contributed by atoms with Crippen molar-refractivity contribution in [2.45, 2.75) is 51.6 Å². The van der Waals surface area contributed by atoms with Crippen molar-refractivity contribution in [3.8, 4) is 0 Å². The summed E-state index contributed by atoms with van der Waals surface area (Å²) < 4.78 is 5.70. The Kier molecular flexibility index (Phi) is 5.92. The van der Waals surface area contributed by atoms with Crippen LogP contribution in [0.5, 0.6) is 0 Å². The first-order chi connectivity index (χ1) is 11.3. The van der Waals surface area contributed by atoms with Crippen LogP contribution >= 0.6 is 0 Å². The van der Waals surface area contributed by atoms with Crippen LogP contribution in [0.1, 0.15) is 50.5 Å². The molecule has 2 aliphatic carbocycles. The largest absolute Gasteiger partial charge is 0.376 e. The van der Waals surface area contributed by atoms with Gasteiger partial charge in [0.05, 0.1) is 6.61 Å². The summed E-state index contributed by atoms with van der Waals surface area (Å²) in [7, 11) is 0. The van der Waals surface area contributed by atoms with E-state index in [2.05, 4.69) is 10.6 Å². The predicted molar refractivity (Wildman–Crippen MR) is 92.4 cm³/mol. The minimum atomic E-state index is -0.105. The minimum absolute atomic E-state index is 0.105. The van der Waals surface area contributed by atoms with E-state index >= 15 is 0 Å². The molecule has 2 amide bonds. The molecule has 0 aromatic heterocycles. The fourth-order valence-corrected chi connectivity index (χ4v) is 3.17. The molecule has 0 atom stereocenters. The van der Waals surface area contributed by atoms with Crippen LogP contribution in [0.25, 0.3) is 0 Å². The molecule has 2 N–H and O–H groups in total. The standard InChI is InChI=1S/C19H28N2O2/c22-19(20-12-15-5-2-1-3-6-15)21-18-8-4-7-17(11-18)14-23-13-16-9-10-16/h4,7-8,11,15-16H,1-3,5-6,9-10,12-14H2,(H2,20,21,22). The van der Waals surface area contributed by atoms with Crippen LogP contribution in [0.15, 0.2) is 24.3 Å². The van der Waals surface area contributed by atoms with Gasteiger partial charge in [0.25, 0.3) is 0 Å². The third-order valence-corrected chi connectivity index (χ3v) is 4.78. The zero-order valence-corrected chi connectivity index (χ0v) is 13.9. The van der Waals surface area contributed by atoms with Crippen LogP contribution in [0.3, 0.4) is 0 Å². The molecular weight excluding hydrogens is 288 g/mol. The van der Waals surface area contributed by atoms with Gasteiger partial charge in [-0.15, -0.1) is 0 Å². The lowest BCUT2D eigenvalue weighted by Gasteiger charge is -2.21. The molecule has 0 unspecified atom stereocenters. The molecule has 4 heteroatoms. The number of nitrogens with one attached hydrogen (secondary N) is 2. The summed E-state index contributed by atoms with van der Waals surface area (Å²) >= 11 is 0. The molecule has 0 saturated heterocycles. The van der Waals surface area contributed by atoms with Crippen LogP contribution in [-0.2, 0) is 11.3 Å². The zero-order valence-electron chi connectivity index (χ0n) is 13.9. The van der Waals surface area contributed by atoms with Crippen LogP contribution < -0.4 is 10.6 Å². The molecule has 0 aliphatic heterocycles. The number of anilines is 1. The second kappa shape index (κ2) is 8.34. The topological polar surface area (TPSA) is 50.4 Å². The molecule has 0 heterocycles. The van der Waals surface area contributed by atoms with Gasteiger partial charge in [-0.25, -0.2) is 4.79 Å². The summed E-state index contributed by atoms with van der Waals surface area (Å²) in [6.45, 7) is 2.27. The Morgan fingerprint density at radius 1 is 1.09 bits per heavy atom. The Hall–Kier alpha value is -1.55. The van der Waals surface area contributed by atoms with Gasteiger partial charge < -0.3 is 15.4 Å². The van der Waals surface area contributed by atoms with Crippen molar-refractivity contribution in [1.82, 2.24) is 5.32 Å². The van der Waals surface area contributed by atoms with Gasteiger partial charge in [-0.2, -0.15) is 0 Å². The Morgan fingerprint density at radius 2 is 1.91 bits per heavy atom. The first-order valence-electron chi connectivity index (χ1n) is 9.01. The number of ether oxygens (including phenoxy) is 1. The molecule has 1 aromatic carbocycles. The van der Waals surface area contributed by atoms with Crippen molar-refractivity contribution in [3.05, 3.63) is 29.8 Å². The van der Waals surface area contributed by atoms with E-state index in [1.54, 1.807) is 0 Å². The second-order valence-electron chi connectivity index (χ2n) is 7.00. The van der Waals surface area contributed by atoms with Gasteiger partial charge in [-0.3, -0.25) is 0 Å². The first-order valence-corrected chi connectivity index (χ1v) is 9.01. The van der Waals surface area contributed by atoms with E-state index in [-0.39, 0.29) is 6.03 Å². The highest BCUT2D eigenvalue weighted by Gasteiger charge is 2.21. The average Bonchev–Trinajstić information content (AvgIpc) is 3.39. The summed E-state index contributed by atoms with van der Waals surface area (Å²) in [5.41, 5.74) is 1.94. The quantitative estimate of drug-likeness (QED) is 0.787. The van der Waals surface area contributed by atoms with Gasteiger partial charge in [0.1, 0.15) is 0 Å². The van der Waals surface area contributed by atoms with E-state index in [9.17, 15) is 4.79 Å². The molecule has 126 valence electrons. The molecule has 4 nitrogen and oxygen atoms in total. The highest BCUT2D eigenvalue weighted by molar-refractivity contribution is 5.89. The van der Waals surface area contributed by atoms with Crippen molar-refractivity contribution >= 4 is 11.7 Å². The number of benzene rings is 1. The molecule has 2 saturated carbocycles. The van der Waals surface area contributed by atoms with Crippen LogP contribution in [0.4, 0.5) is 10.5 Å². The molecule has 0 spiro atoms. The van der Waals surface area contributed by atoms with Crippen molar-refractivity contribution in [1.29, 1.82) is 0 Å². The van der Waals surface area contributed by atoms with Crippen LogP contribution in [0.2, 0.25) is 0 Å². The number of hydrogen-bond acceptors (Lipinski definition) is 2. The third-order valence-electron chi connectivity index (χ3n) is 4.78. The van der Waals surface area contributed by atoms with Crippen LogP contribution in [0, 0.1) is 11.8 Å². The summed E-state index contributed by atoms with van der Waals surface area (Å²) in [4.78, 5) is 12.0. The van der Waals surface area contributed by atoms with E-state index in [0.29, 0.717) is 12.5 Å². The maximum atomic E-state index is 12.0. The fraction of sp³-hybridized carbons (Fsp3) is 0.632. The number of carbonyl (C=O) groups is 1. The van der Waals surface area contributed by atoms with Gasteiger partial charge in [0.2, 0.25) is 0 Å². The summed E-state index contributed by atoms with van der Waals surface area (Å²) in [6.07, 6.45) is 9.06. The second-order valence-corrected chi connectivity index (χ2v) is 7.00. The van der Waals surface area contributed by atoms with Crippen molar-refractivity contribution in [2.75, 3.05) is 18.5 Å². The fourth-order valence-electron chi connectivity index (χ4n) is 3.17. The van der Waals surface area contributed by atoms with Crippen LogP contribution in [-0.4, -0.2) is 19.2 Å². The van der Waals surface area contributed by atoms with Gasteiger partial charge in [-0.1, -0.05) is 31.4 Å². The summed E-state index contributed by atoms with van der Waals surface area (Å²) in [6, 6.07) is 7.81. The zero-order chi connectivity index (χ0) is 15.9. The lowest BCUT2D eigenvalue weighted by molar-refractivity contribution is 0.111. The molecule has 2 aliphatic rings. The Balaban J connectivity index is 1.39. The molecular formula is C19H28N2O2. The normalized spacial score (nSPS) is 18.6. The SMILES string of the molecule is O=C(NCC1CCCCC1)Nc1cccc(COCC2CC2)c1. The van der Waals surface area contributed by atoms with Gasteiger partial charge in [0, 0.05) is 18.8 Å². The molecule has 0 radical (unpaired) electrons. The lowest BCUT2D eigenvalue weighted by Crippen LogP contribution is -2.33. The maximum absolute atomic E-state index is 12.0. The van der Waals surface area contributed by atoms with E-state index in [1.165, 1.54) is 44.9 Å². The maximum Gasteiger partial charge on any atom is 0.319 e. The first kappa shape index (κ1) is 16.3. The van der Waals surface area contributed by atoms with Crippen molar-refractivity contribution in [2.24, 2.45) is 11.8 Å². The van der Waals surface area contributed by atoms with E-state index in [4.69, 9.17) is 4.74 Å². The van der Waals surface area contributed by atoms with Crippen molar-refractivity contribution < 1.29 is 9.53 Å². The third kappa shape index (κ3) is 5.87. The minimum Gasteiger partial charge on any atom is -0.376 e. The molecule has 1 aromatic rings. The number of rotatable bonds is 7. The Labute approximate surface area is 139 Å². The number of urea groups is 1. The molecule has 2 fully saturated rings. The lowest BCUT2D eigenvalue weighted by atomic mass is 9.89. The summed E-state index contributed by atoms with van der Waals surface area (Å²) in [5, 5.41) is 5.93. The Morgan fingerprint density at radius 3 is 2.70 bits per heavy atom. The molecule has 0 bridgehead atoms. The summed E-state index contributed by atoms with van der Waals surface area (Å²) in [5.74, 6) is 1.43. The molecule has 23 heavy (non-hydrogen) atoms. The van der Waals surface area contributed by atoms with E-state index in [1.807, 2.05) is 24.3 Å². The highest BCUT2D eigenvalue weighted by atomic mass is 16.5. The van der Waals surface area contributed by atoms with Gasteiger partial charge in [-0.05, 0) is 55.2 Å². The highest BCUT2D eigenvalue weighted by Crippen LogP contribution is 2.29.